The van der Waals surface area contributed by atoms with Crippen LogP contribution in [0.1, 0.15) is 24.8 Å². The minimum Gasteiger partial charge on any atom is -0.367 e. The van der Waals surface area contributed by atoms with E-state index in [0.717, 1.165) is 19.5 Å². The topological polar surface area (TPSA) is 39.8 Å². The number of piperidine rings is 1. The Kier molecular flexibility index (Phi) is 4.23. The average molecular weight is 207 g/mol. The first kappa shape index (κ1) is 10.7. The van der Waals surface area contributed by atoms with Gasteiger partial charge in [0.2, 0.25) is 0 Å². The summed E-state index contributed by atoms with van der Waals surface area (Å²) in [6.45, 7) is 3.39. The van der Waals surface area contributed by atoms with Crippen LogP contribution in [-0.4, -0.2) is 30.7 Å². The summed E-state index contributed by atoms with van der Waals surface area (Å²) >= 11 is 0. The first-order valence-corrected chi connectivity index (χ1v) is 6.01. The second-order valence-corrected chi connectivity index (χ2v) is 4.32. The molecule has 1 aliphatic rings. The third-order valence-corrected chi connectivity index (χ3v) is 3.06. The van der Waals surface area contributed by atoms with Gasteiger partial charge in [-0.05, 0) is 44.0 Å². The van der Waals surface area contributed by atoms with Crippen LogP contribution in [0.4, 0.5) is 0 Å². The van der Waals surface area contributed by atoms with Crippen LogP contribution in [0.5, 0.6) is 0 Å². The van der Waals surface area contributed by atoms with E-state index in [2.05, 4.69) is 27.9 Å². The lowest BCUT2D eigenvalue weighted by atomic mass is 10.1. The van der Waals surface area contributed by atoms with Crippen molar-refractivity contribution in [2.45, 2.75) is 31.7 Å². The Balaban J connectivity index is 1.54. The Hall–Kier alpha value is -0.800. The lowest BCUT2D eigenvalue weighted by Gasteiger charge is -2.23. The van der Waals surface area contributed by atoms with E-state index in [0.29, 0.717) is 6.04 Å². The van der Waals surface area contributed by atoms with Crippen molar-refractivity contribution in [2.24, 2.45) is 0 Å². The van der Waals surface area contributed by atoms with Gasteiger partial charge in [-0.25, -0.2) is 0 Å². The van der Waals surface area contributed by atoms with Crippen LogP contribution in [0.3, 0.4) is 0 Å². The molecule has 1 unspecified atom stereocenters. The SMILES string of the molecule is c1cc(CCNCC2CCCCN2)c[nH]1. The first-order valence-electron chi connectivity index (χ1n) is 6.01. The maximum atomic E-state index is 3.54. The van der Waals surface area contributed by atoms with E-state index in [1.54, 1.807) is 0 Å². The van der Waals surface area contributed by atoms with E-state index in [4.69, 9.17) is 0 Å². The van der Waals surface area contributed by atoms with Crippen molar-refractivity contribution in [1.29, 1.82) is 0 Å². The lowest BCUT2D eigenvalue weighted by molar-refractivity contribution is 0.384. The molecule has 15 heavy (non-hydrogen) atoms. The predicted octanol–water partition coefficient (Wildman–Crippen LogP) is 1.29. The molecule has 2 rings (SSSR count). The monoisotopic (exact) mass is 207 g/mol. The molecule has 0 aliphatic carbocycles. The third-order valence-electron chi connectivity index (χ3n) is 3.06. The van der Waals surface area contributed by atoms with Crippen LogP contribution in [-0.2, 0) is 6.42 Å². The first-order chi connectivity index (χ1) is 7.45. The number of H-pyrrole nitrogens is 1. The molecule has 1 atom stereocenters. The lowest BCUT2D eigenvalue weighted by Crippen LogP contribution is -2.42. The van der Waals surface area contributed by atoms with E-state index >= 15 is 0 Å². The Morgan fingerprint density at radius 1 is 1.40 bits per heavy atom. The predicted molar refractivity (Wildman–Crippen MR) is 63.0 cm³/mol. The highest BCUT2D eigenvalue weighted by molar-refractivity contribution is 5.08. The van der Waals surface area contributed by atoms with Crippen molar-refractivity contribution in [2.75, 3.05) is 19.6 Å². The highest BCUT2D eigenvalue weighted by atomic mass is 15.0. The van der Waals surface area contributed by atoms with E-state index in [9.17, 15) is 0 Å². The zero-order valence-corrected chi connectivity index (χ0v) is 9.26. The van der Waals surface area contributed by atoms with Crippen LogP contribution < -0.4 is 10.6 Å². The standard InChI is InChI=1S/C12H21N3/c1-2-6-15-12(3-1)10-14-8-5-11-4-7-13-9-11/h4,7,9,12-15H,1-3,5-6,8,10H2. The van der Waals surface area contributed by atoms with E-state index in [1.165, 1.54) is 31.4 Å². The summed E-state index contributed by atoms with van der Waals surface area (Å²) in [5, 5.41) is 7.06. The van der Waals surface area contributed by atoms with Crippen molar-refractivity contribution in [3.8, 4) is 0 Å². The van der Waals surface area contributed by atoms with Crippen molar-refractivity contribution in [3.05, 3.63) is 24.0 Å². The quantitative estimate of drug-likeness (QED) is 0.637. The fourth-order valence-electron chi connectivity index (χ4n) is 2.12. The summed E-state index contributed by atoms with van der Waals surface area (Å²) < 4.78 is 0. The molecule has 2 heterocycles. The highest BCUT2D eigenvalue weighted by Gasteiger charge is 2.10. The molecule has 0 aromatic carbocycles. The molecule has 3 nitrogen and oxygen atoms in total. The van der Waals surface area contributed by atoms with Crippen LogP contribution in [0, 0.1) is 0 Å². The van der Waals surface area contributed by atoms with Crippen molar-refractivity contribution in [1.82, 2.24) is 15.6 Å². The molecule has 0 bridgehead atoms. The molecule has 3 heteroatoms. The maximum absolute atomic E-state index is 3.54. The van der Waals surface area contributed by atoms with Gasteiger partial charge in [-0.3, -0.25) is 0 Å². The van der Waals surface area contributed by atoms with E-state index < -0.39 is 0 Å². The normalized spacial score (nSPS) is 21.7. The molecule has 84 valence electrons. The Labute approximate surface area is 91.7 Å². The average Bonchev–Trinajstić information content (AvgIpc) is 2.79. The largest absolute Gasteiger partial charge is 0.367 e. The summed E-state index contributed by atoms with van der Waals surface area (Å²) in [4.78, 5) is 3.08. The summed E-state index contributed by atoms with van der Waals surface area (Å²) in [7, 11) is 0. The molecule has 0 radical (unpaired) electrons. The number of rotatable bonds is 5. The summed E-state index contributed by atoms with van der Waals surface area (Å²) in [6, 6.07) is 2.84. The van der Waals surface area contributed by atoms with Gasteiger partial charge in [-0.15, -0.1) is 0 Å². The summed E-state index contributed by atoms with van der Waals surface area (Å²) in [5.41, 5.74) is 1.39. The number of hydrogen-bond donors (Lipinski definition) is 3. The maximum Gasteiger partial charge on any atom is 0.0192 e. The van der Waals surface area contributed by atoms with Gasteiger partial charge >= 0.3 is 0 Å². The molecule has 1 fully saturated rings. The van der Waals surface area contributed by atoms with Crippen LogP contribution >= 0.6 is 0 Å². The van der Waals surface area contributed by atoms with Gasteiger partial charge in [0, 0.05) is 25.0 Å². The zero-order valence-electron chi connectivity index (χ0n) is 9.26. The van der Waals surface area contributed by atoms with Gasteiger partial charge in [0.1, 0.15) is 0 Å². The number of nitrogens with one attached hydrogen (secondary N) is 3. The second-order valence-electron chi connectivity index (χ2n) is 4.32. The van der Waals surface area contributed by atoms with Crippen LogP contribution in [0.15, 0.2) is 18.5 Å². The van der Waals surface area contributed by atoms with Crippen molar-refractivity contribution < 1.29 is 0 Å². The second kappa shape index (κ2) is 5.93. The van der Waals surface area contributed by atoms with Crippen molar-refractivity contribution in [3.63, 3.8) is 0 Å². The molecule has 1 saturated heterocycles. The number of aromatic nitrogens is 1. The van der Waals surface area contributed by atoms with Gasteiger partial charge in [0.05, 0.1) is 0 Å². The van der Waals surface area contributed by atoms with Gasteiger partial charge in [0.25, 0.3) is 0 Å². The molecular formula is C12H21N3. The van der Waals surface area contributed by atoms with Crippen molar-refractivity contribution >= 4 is 0 Å². The molecule has 0 saturated carbocycles. The fraction of sp³-hybridized carbons (Fsp3) is 0.667. The van der Waals surface area contributed by atoms with Crippen LogP contribution in [0.2, 0.25) is 0 Å². The minimum atomic E-state index is 0.699. The Morgan fingerprint density at radius 3 is 3.13 bits per heavy atom. The number of aromatic amines is 1. The smallest absolute Gasteiger partial charge is 0.0192 e. The van der Waals surface area contributed by atoms with Gasteiger partial charge in [0.15, 0.2) is 0 Å². The summed E-state index contributed by atoms with van der Waals surface area (Å²) in [5.74, 6) is 0. The van der Waals surface area contributed by atoms with Gasteiger partial charge < -0.3 is 15.6 Å². The molecule has 1 aromatic heterocycles. The molecule has 1 aliphatic heterocycles. The highest BCUT2D eigenvalue weighted by Crippen LogP contribution is 2.05. The molecule has 0 spiro atoms. The van der Waals surface area contributed by atoms with Crippen LogP contribution in [0.25, 0.3) is 0 Å². The van der Waals surface area contributed by atoms with E-state index in [1.807, 2.05) is 6.20 Å². The van der Waals surface area contributed by atoms with Gasteiger partial charge in [-0.2, -0.15) is 0 Å². The molecule has 1 aromatic rings. The number of hydrogen-bond acceptors (Lipinski definition) is 2. The third kappa shape index (κ3) is 3.68. The minimum absolute atomic E-state index is 0.699. The summed E-state index contributed by atoms with van der Waals surface area (Å²) in [6.07, 6.45) is 9.24. The van der Waals surface area contributed by atoms with Gasteiger partial charge in [-0.1, -0.05) is 6.42 Å². The Bertz CT molecular complexity index is 250. The van der Waals surface area contributed by atoms with E-state index in [-0.39, 0.29) is 0 Å². The Morgan fingerprint density at radius 2 is 2.40 bits per heavy atom. The molecule has 3 N–H and O–H groups in total. The fourth-order valence-corrected chi connectivity index (χ4v) is 2.12. The molecule has 0 amide bonds. The molecular weight excluding hydrogens is 186 g/mol. The zero-order chi connectivity index (χ0) is 10.3.